The van der Waals surface area contributed by atoms with Crippen molar-refractivity contribution in [3.05, 3.63) is 59.4 Å². The van der Waals surface area contributed by atoms with Gasteiger partial charge < -0.3 is 24.8 Å². The van der Waals surface area contributed by atoms with Crippen LogP contribution in [0.5, 0.6) is 5.75 Å². The van der Waals surface area contributed by atoms with E-state index in [9.17, 15) is 18.8 Å². The molecule has 2 aliphatic heterocycles. The van der Waals surface area contributed by atoms with Crippen molar-refractivity contribution in [2.75, 3.05) is 19.0 Å². The first-order chi connectivity index (χ1) is 15.3. The highest BCUT2D eigenvalue weighted by molar-refractivity contribution is 6.05. The number of halogens is 1. The van der Waals surface area contributed by atoms with Gasteiger partial charge in [-0.2, -0.15) is 0 Å². The van der Waals surface area contributed by atoms with Gasteiger partial charge in [-0.3, -0.25) is 14.4 Å². The second-order valence-electron chi connectivity index (χ2n) is 7.94. The normalized spacial score (nSPS) is 22.6. The molecule has 2 heterocycles. The standard InChI is InChI=1S/C23H23FN2O6/c1-26-18-8-7-16(11-21(27)28)32-20(18)12-31-19-9-6-15(10-17(19)23(26)30)25-22(29)13-2-4-14(24)5-3-13/h2-6,9-10,16,18,20H,7-8,11-12H2,1H3,(H,25,29)(H,27,28)/t16-,18+,20-/m1/s1. The number of hydrogen-bond acceptors (Lipinski definition) is 5. The zero-order valence-electron chi connectivity index (χ0n) is 17.4. The molecular formula is C23H23FN2O6. The number of carboxylic acids is 1. The maximum atomic E-state index is 13.2. The van der Waals surface area contributed by atoms with Crippen molar-refractivity contribution in [3.63, 3.8) is 0 Å². The van der Waals surface area contributed by atoms with Crippen LogP contribution in [0.1, 0.15) is 40.0 Å². The van der Waals surface area contributed by atoms with Gasteiger partial charge in [0.25, 0.3) is 11.8 Å². The van der Waals surface area contributed by atoms with Crippen molar-refractivity contribution in [2.45, 2.75) is 37.5 Å². The lowest BCUT2D eigenvalue weighted by Crippen LogP contribution is -2.53. The van der Waals surface area contributed by atoms with E-state index in [1.807, 2.05) is 0 Å². The molecule has 0 spiro atoms. The molecule has 168 valence electrons. The number of likely N-dealkylation sites (N-methyl/N-ethyl adjacent to an activating group) is 1. The van der Waals surface area contributed by atoms with Gasteiger partial charge in [-0.1, -0.05) is 0 Å². The maximum absolute atomic E-state index is 13.2. The molecule has 0 unspecified atom stereocenters. The second-order valence-corrected chi connectivity index (χ2v) is 7.94. The van der Waals surface area contributed by atoms with E-state index in [4.69, 9.17) is 14.6 Å². The fraction of sp³-hybridized carbons (Fsp3) is 0.348. The molecule has 0 aliphatic carbocycles. The average Bonchev–Trinajstić information content (AvgIpc) is 2.76. The summed E-state index contributed by atoms with van der Waals surface area (Å²) in [7, 11) is 1.68. The topological polar surface area (TPSA) is 105 Å². The first kappa shape index (κ1) is 21.8. The minimum Gasteiger partial charge on any atom is -0.490 e. The molecule has 2 aliphatic rings. The molecule has 9 heteroatoms. The number of ether oxygens (including phenoxy) is 2. The first-order valence-electron chi connectivity index (χ1n) is 10.3. The van der Waals surface area contributed by atoms with E-state index >= 15 is 0 Å². The molecular weight excluding hydrogens is 419 g/mol. The minimum atomic E-state index is -0.926. The number of anilines is 1. The molecule has 1 saturated heterocycles. The van der Waals surface area contributed by atoms with Gasteiger partial charge in [0.05, 0.1) is 24.1 Å². The summed E-state index contributed by atoms with van der Waals surface area (Å²) in [5.74, 6) is -1.72. The van der Waals surface area contributed by atoms with Crippen LogP contribution < -0.4 is 10.1 Å². The van der Waals surface area contributed by atoms with Crippen LogP contribution >= 0.6 is 0 Å². The number of fused-ring (bicyclic) bond motifs is 2. The Hall–Kier alpha value is -3.46. The van der Waals surface area contributed by atoms with E-state index in [2.05, 4.69) is 5.32 Å². The predicted molar refractivity (Wildman–Crippen MR) is 112 cm³/mol. The van der Waals surface area contributed by atoms with E-state index in [-0.39, 0.29) is 30.5 Å². The van der Waals surface area contributed by atoms with Crippen LogP contribution in [0.2, 0.25) is 0 Å². The molecule has 0 aromatic heterocycles. The van der Waals surface area contributed by atoms with Crippen LogP contribution in [-0.2, 0) is 9.53 Å². The van der Waals surface area contributed by atoms with Crippen molar-refractivity contribution in [3.8, 4) is 5.75 Å². The molecule has 2 N–H and O–H groups in total. The van der Waals surface area contributed by atoms with Gasteiger partial charge in [-0.05, 0) is 55.3 Å². The van der Waals surface area contributed by atoms with E-state index in [1.54, 1.807) is 30.1 Å². The summed E-state index contributed by atoms with van der Waals surface area (Å²) < 4.78 is 24.9. The third kappa shape index (κ3) is 4.57. The van der Waals surface area contributed by atoms with Crippen LogP contribution in [0, 0.1) is 5.82 Å². The average molecular weight is 442 g/mol. The molecule has 3 atom stereocenters. The van der Waals surface area contributed by atoms with Crippen LogP contribution in [0.25, 0.3) is 0 Å². The van der Waals surface area contributed by atoms with Crippen LogP contribution in [-0.4, -0.2) is 59.7 Å². The zero-order chi connectivity index (χ0) is 22.8. The molecule has 8 nitrogen and oxygen atoms in total. The van der Waals surface area contributed by atoms with Gasteiger partial charge in [-0.25, -0.2) is 4.39 Å². The van der Waals surface area contributed by atoms with Gasteiger partial charge in [-0.15, -0.1) is 0 Å². The Kier molecular flexibility index (Phi) is 6.09. The number of nitrogens with zero attached hydrogens (tertiary/aromatic N) is 1. The fourth-order valence-corrected chi connectivity index (χ4v) is 4.10. The van der Waals surface area contributed by atoms with E-state index in [0.717, 1.165) is 0 Å². The monoisotopic (exact) mass is 442 g/mol. The Labute approximate surface area is 183 Å². The molecule has 1 fully saturated rings. The molecule has 0 saturated carbocycles. The van der Waals surface area contributed by atoms with Gasteiger partial charge in [0.1, 0.15) is 24.3 Å². The summed E-state index contributed by atoms with van der Waals surface area (Å²) in [6.07, 6.45) is 0.196. The molecule has 0 radical (unpaired) electrons. The van der Waals surface area contributed by atoms with Gasteiger partial charge in [0.2, 0.25) is 0 Å². The summed E-state index contributed by atoms with van der Waals surface area (Å²) in [5, 5.41) is 11.7. The number of carbonyl (C=O) groups excluding carboxylic acids is 2. The molecule has 2 aromatic carbocycles. The Balaban J connectivity index is 1.53. The quantitative estimate of drug-likeness (QED) is 0.754. The van der Waals surface area contributed by atoms with Crippen molar-refractivity contribution in [1.29, 1.82) is 0 Å². The third-order valence-corrected chi connectivity index (χ3v) is 5.78. The van der Waals surface area contributed by atoms with Gasteiger partial charge >= 0.3 is 5.97 Å². The number of amides is 2. The second kappa shape index (κ2) is 8.96. The predicted octanol–water partition coefficient (Wildman–Crippen LogP) is 2.93. The SMILES string of the molecule is CN1C(=O)c2cc(NC(=O)c3ccc(F)cc3)ccc2OC[C@H]2O[C@@H](CC(=O)O)CC[C@@H]21. The highest BCUT2D eigenvalue weighted by Crippen LogP contribution is 2.32. The molecule has 4 rings (SSSR count). The Morgan fingerprint density at radius 1 is 1.19 bits per heavy atom. The summed E-state index contributed by atoms with van der Waals surface area (Å²) in [5.41, 5.74) is 0.994. The smallest absolute Gasteiger partial charge is 0.305 e. The number of hydrogen-bond donors (Lipinski definition) is 2. The minimum absolute atomic E-state index is 0.0887. The largest absolute Gasteiger partial charge is 0.490 e. The summed E-state index contributed by atoms with van der Waals surface area (Å²) in [6.45, 7) is 0.173. The van der Waals surface area contributed by atoms with Crippen molar-refractivity contribution >= 4 is 23.5 Å². The van der Waals surface area contributed by atoms with Gasteiger partial charge in [0, 0.05) is 18.3 Å². The zero-order valence-corrected chi connectivity index (χ0v) is 17.4. The Morgan fingerprint density at radius 3 is 2.66 bits per heavy atom. The summed E-state index contributed by atoms with van der Waals surface area (Å²) >= 11 is 0. The van der Waals surface area contributed by atoms with Crippen molar-refractivity contribution in [1.82, 2.24) is 4.90 Å². The Morgan fingerprint density at radius 2 is 1.94 bits per heavy atom. The summed E-state index contributed by atoms with van der Waals surface area (Å²) in [6, 6.07) is 9.66. The number of carbonyl (C=O) groups is 3. The van der Waals surface area contributed by atoms with E-state index < -0.39 is 29.9 Å². The van der Waals surface area contributed by atoms with E-state index in [0.29, 0.717) is 29.8 Å². The summed E-state index contributed by atoms with van der Waals surface area (Å²) in [4.78, 5) is 38.2. The van der Waals surface area contributed by atoms with Crippen LogP contribution in [0.15, 0.2) is 42.5 Å². The van der Waals surface area contributed by atoms with Gasteiger partial charge in [0.15, 0.2) is 0 Å². The van der Waals surface area contributed by atoms with Crippen molar-refractivity contribution in [2.24, 2.45) is 0 Å². The lowest BCUT2D eigenvalue weighted by atomic mass is 9.94. The Bertz CT molecular complexity index is 1040. The molecule has 2 aromatic rings. The molecule has 32 heavy (non-hydrogen) atoms. The van der Waals surface area contributed by atoms with Crippen LogP contribution in [0.4, 0.5) is 10.1 Å². The number of benzene rings is 2. The van der Waals surface area contributed by atoms with E-state index in [1.165, 1.54) is 24.3 Å². The highest BCUT2D eigenvalue weighted by Gasteiger charge is 2.39. The lowest BCUT2D eigenvalue weighted by molar-refractivity contribution is -0.148. The third-order valence-electron chi connectivity index (χ3n) is 5.78. The molecule has 2 amide bonds. The number of nitrogens with one attached hydrogen (secondary N) is 1. The fourth-order valence-electron chi connectivity index (χ4n) is 4.10. The maximum Gasteiger partial charge on any atom is 0.305 e. The van der Waals surface area contributed by atoms with Crippen molar-refractivity contribution < 1.29 is 33.4 Å². The first-order valence-corrected chi connectivity index (χ1v) is 10.3. The van der Waals surface area contributed by atoms with Crippen LogP contribution in [0.3, 0.4) is 0 Å². The number of aliphatic carboxylic acids is 1. The number of carboxylic acid groups (broad SMARTS) is 1. The highest BCUT2D eigenvalue weighted by atomic mass is 19.1. The number of rotatable bonds is 4. The molecule has 0 bridgehead atoms. The lowest BCUT2D eigenvalue weighted by Gasteiger charge is -2.42.